The van der Waals surface area contributed by atoms with E-state index in [0.29, 0.717) is 34.1 Å². The second-order valence-corrected chi connectivity index (χ2v) is 11.9. The van der Waals surface area contributed by atoms with Gasteiger partial charge in [-0.15, -0.1) is 11.8 Å². The first kappa shape index (κ1) is 33.2. The number of anilines is 3. The zero-order chi connectivity index (χ0) is 32.3. The van der Waals surface area contributed by atoms with Gasteiger partial charge >= 0.3 is 0 Å². The Labute approximate surface area is 272 Å². The van der Waals surface area contributed by atoms with Crippen LogP contribution in [0.15, 0.2) is 108 Å². The third kappa shape index (κ3) is 9.38. The van der Waals surface area contributed by atoms with Gasteiger partial charge in [-0.2, -0.15) is 0 Å². The van der Waals surface area contributed by atoms with E-state index in [0.717, 1.165) is 16.1 Å². The third-order valence-corrected chi connectivity index (χ3v) is 8.36. The molecule has 0 bridgehead atoms. The second kappa shape index (κ2) is 15.8. The van der Waals surface area contributed by atoms with E-state index in [-0.39, 0.29) is 11.6 Å². The van der Waals surface area contributed by atoms with Crippen LogP contribution in [0.2, 0.25) is 5.02 Å². The minimum atomic E-state index is -0.487. The molecule has 0 heterocycles. The maximum absolute atomic E-state index is 13.5. The van der Waals surface area contributed by atoms with Crippen molar-refractivity contribution in [3.63, 3.8) is 0 Å². The molecule has 10 heteroatoms. The maximum atomic E-state index is 13.5. The molecule has 0 saturated heterocycles. The Balaban J connectivity index is 1.50. The average molecular weight is 643 g/mol. The smallest absolute Gasteiger partial charge is 0.272 e. The lowest BCUT2D eigenvalue weighted by Gasteiger charge is -2.16. The van der Waals surface area contributed by atoms with Crippen molar-refractivity contribution < 1.29 is 19.1 Å². The van der Waals surface area contributed by atoms with Crippen LogP contribution in [0.4, 0.5) is 17.1 Å². The van der Waals surface area contributed by atoms with Crippen molar-refractivity contribution in [2.45, 2.75) is 23.5 Å². The Morgan fingerprint density at radius 2 is 1.60 bits per heavy atom. The standard InChI is InChI=1S/C35H35ClN4O4S/c1-5-32(35(43)38-26-16-19-31(44-4)29(36)22-26)45-28-13-9-12-25(21-28)37-34(42)30(39-33(41)24-10-7-6-8-11-24)20-23-14-17-27(18-15-23)40(2)3/h6-22,32H,5H2,1-4H3,(H,37,42)(H,38,43)(H,39,41)/b30-20+. The summed E-state index contributed by atoms with van der Waals surface area (Å²) in [6.07, 6.45) is 2.21. The monoisotopic (exact) mass is 642 g/mol. The number of nitrogens with one attached hydrogen (secondary N) is 3. The van der Waals surface area contributed by atoms with Crippen LogP contribution >= 0.6 is 23.4 Å². The molecule has 4 aromatic carbocycles. The van der Waals surface area contributed by atoms with E-state index < -0.39 is 17.1 Å². The molecule has 1 unspecified atom stereocenters. The predicted molar refractivity (Wildman–Crippen MR) is 184 cm³/mol. The predicted octanol–water partition coefficient (Wildman–Crippen LogP) is 7.33. The minimum Gasteiger partial charge on any atom is -0.495 e. The molecule has 0 saturated carbocycles. The van der Waals surface area contributed by atoms with E-state index in [1.54, 1.807) is 66.7 Å². The first-order chi connectivity index (χ1) is 21.7. The molecule has 8 nitrogen and oxygen atoms in total. The molecule has 45 heavy (non-hydrogen) atoms. The van der Waals surface area contributed by atoms with E-state index in [1.807, 2.05) is 62.3 Å². The average Bonchev–Trinajstić information content (AvgIpc) is 3.04. The maximum Gasteiger partial charge on any atom is 0.272 e. The van der Waals surface area contributed by atoms with Gasteiger partial charge in [0.1, 0.15) is 11.4 Å². The lowest BCUT2D eigenvalue weighted by molar-refractivity contribution is -0.116. The molecule has 0 aliphatic rings. The fourth-order valence-electron chi connectivity index (χ4n) is 4.28. The number of carbonyl (C=O) groups excluding carboxylic acids is 3. The molecule has 3 N–H and O–H groups in total. The number of ether oxygens (including phenoxy) is 1. The number of carbonyl (C=O) groups is 3. The molecule has 0 aromatic heterocycles. The van der Waals surface area contributed by atoms with Crippen LogP contribution in [0.3, 0.4) is 0 Å². The molecule has 0 fully saturated rings. The van der Waals surface area contributed by atoms with Gasteiger partial charge in [-0.1, -0.05) is 54.9 Å². The van der Waals surface area contributed by atoms with Gasteiger partial charge in [0, 0.05) is 41.6 Å². The number of hydrogen-bond donors (Lipinski definition) is 3. The Morgan fingerprint density at radius 3 is 2.24 bits per heavy atom. The lowest BCUT2D eigenvalue weighted by Crippen LogP contribution is -2.30. The number of nitrogens with zero attached hydrogens (tertiary/aromatic N) is 1. The summed E-state index contributed by atoms with van der Waals surface area (Å²) in [5, 5.41) is 8.58. The number of halogens is 1. The largest absolute Gasteiger partial charge is 0.495 e. The van der Waals surface area contributed by atoms with Gasteiger partial charge < -0.3 is 25.6 Å². The van der Waals surface area contributed by atoms with Crippen molar-refractivity contribution >= 4 is 64.2 Å². The Kier molecular flexibility index (Phi) is 11.7. The van der Waals surface area contributed by atoms with Crippen molar-refractivity contribution in [1.29, 1.82) is 0 Å². The molecule has 0 aliphatic carbocycles. The fourth-order valence-corrected chi connectivity index (χ4v) is 5.55. The highest BCUT2D eigenvalue weighted by atomic mass is 35.5. The zero-order valence-electron chi connectivity index (χ0n) is 25.5. The molecular weight excluding hydrogens is 608 g/mol. The summed E-state index contributed by atoms with van der Waals surface area (Å²) in [4.78, 5) is 42.4. The van der Waals surface area contributed by atoms with Gasteiger partial charge in [-0.05, 0) is 78.7 Å². The van der Waals surface area contributed by atoms with Crippen molar-refractivity contribution in [2.75, 3.05) is 36.7 Å². The highest BCUT2D eigenvalue weighted by Crippen LogP contribution is 2.31. The summed E-state index contributed by atoms with van der Waals surface area (Å²) in [7, 11) is 5.42. The van der Waals surface area contributed by atoms with Crippen LogP contribution in [-0.2, 0) is 9.59 Å². The van der Waals surface area contributed by atoms with Crippen LogP contribution < -0.4 is 25.6 Å². The third-order valence-electron chi connectivity index (χ3n) is 6.70. The van der Waals surface area contributed by atoms with E-state index >= 15 is 0 Å². The second-order valence-electron chi connectivity index (χ2n) is 10.2. The van der Waals surface area contributed by atoms with Crippen LogP contribution in [0.1, 0.15) is 29.3 Å². The van der Waals surface area contributed by atoms with Gasteiger partial charge in [0.2, 0.25) is 5.91 Å². The normalized spacial score (nSPS) is 11.7. The quantitative estimate of drug-likeness (QED) is 0.111. The zero-order valence-corrected chi connectivity index (χ0v) is 27.0. The van der Waals surface area contributed by atoms with E-state index in [2.05, 4.69) is 16.0 Å². The summed E-state index contributed by atoms with van der Waals surface area (Å²) in [6, 6.07) is 28.6. The van der Waals surface area contributed by atoms with Gasteiger partial charge in [0.15, 0.2) is 0 Å². The Hall–Kier alpha value is -4.73. The van der Waals surface area contributed by atoms with Gasteiger partial charge in [0.05, 0.1) is 17.4 Å². The number of methoxy groups -OCH3 is 1. The van der Waals surface area contributed by atoms with Crippen LogP contribution in [0.25, 0.3) is 6.08 Å². The first-order valence-electron chi connectivity index (χ1n) is 14.2. The number of rotatable bonds is 12. The van der Waals surface area contributed by atoms with Crippen molar-refractivity contribution in [3.05, 3.63) is 119 Å². The SMILES string of the molecule is CCC(Sc1cccc(NC(=O)/C(=C\c2ccc(N(C)C)cc2)NC(=O)c2ccccc2)c1)C(=O)Nc1ccc(OC)c(Cl)c1. The number of benzene rings is 4. The van der Waals surface area contributed by atoms with Crippen LogP contribution in [0, 0.1) is 0 Å². The topological polar surface area (TPSA) is 99.8 Å². The molecule has 4 rings (SSSR count). The van der Waals surface area contributed by atoms with E-state index in [9.17, 15) is 14.4 Å². The van der Waals surface area contributed by atoms with Gasteiger partial charge in [0.25, 0.3) is 11.8 Å². The number of hydrogen-bond acceptors (Lipinski definition) is 6. The lowest BCUT2D eigenvalue weighted by atomic mass is 10.1. The van der Waals surface area contributed by atoms with E-state index in [4.69, 9.17) is 16.3 Å². The minimum absolute atomic E-state index is 0.0866. The number of thioether (sulfide) groups is 1. The Morgan fingerprint density at radius 1 is 0.889 bits per heavy atom. The molecule has 232 valence electrons. The van der Waals surface area contributed by atoms with E-state index in [1.165, 1.54) is 18.9 Å². The fraction of sp³-hybridized carbons (Fsp3) is 0.171. The molecular formula is C35H35ClN4O4S. The summed E-state index contributed by atoms with van der Waals surface area (Å²) < 4.78 is 5.18. The summed E-state index contributed by atoms with van der Waals surface area (Å²) in [5.74, 6) is -0.539. The van der Waals surface area contributed by atoms with Crippen molar-refractivity contribution in [1.82, 2.24) is 5.32 Å². The Bertz CT molecular complexity index is 1680. The van der Waals surface area contributed by atoms with Crippen molar-refractivity contribution in [2.24, 2.45) is 0 Å². The molecule has 0 aliphatic heterocycles. The summed E-state index contributed by atoms with van der Waals surface area (Å²) in [6.45, 7) is 1.93. The molecule has 1 atom stereocenters. The highest BCUT2D eigenvalue weighted by molar-refractivity contribution is 8.00. The highest BCUT2D eigenvalue weighted by Gasteiger charge is 2.20. The van der Waals surface area contributed by atoms with Gasteiger partial charge in [-0.25, -0.2) is 0 Å². The molecule has 4 aromatic rings. The summed E-state index contributed by atoms with van der Waals surface area (Å²) in [5.41, 5.74) is 3.36. The molecule has 3 amide bonds. The summed E-state index contributed by atoms with van der Waals surface area (Å²) >= 11 is 7.60. The first-order valence-corrected chi connectivity index (χ1v) is 15.5. The van der Waals surface area contributed by atoms with Crippen LogP contribution in [0.5, 0.6) is 5.75 Å². The molecule has 0 spiro atoms. The number of amides is 3. The van der Waals surface area contributed by atoms with Crippen molar-refractivity contribution in [3.8, 4) is 5.75 Å². The molecule has 0 radical (unpaired) electrons. The van der Waals surface area contributed by atoms with Crippen LogP contribution in [-0.4, -0.2) is 44.2 Å². The van der Waals surface area contributed by atoms with Gasteiger partial charge in [-0.3, -0.25) is 14.4 Å².